The molecule has 4 heteroatoms. The van der Waals surface area contributed by atoms with Crippen molar-refractivity contribution in [1.82, 2.24) is 10.4 Å². The molecule has 1 aromatic rings. The molecule has 0 aliphatic carbocycles. The van der Waals surface area contributed by atoms with Gasteiger partial charge in [-0.1, -0.05) is 57.2 Å². The summed E-state index contributed by atoms with van der Waals surface area (Å²) < 4.78 is 0. The Morgan fingerprint density at radius 3 is 2.67 bits per heavy atom. The van der Waals surface area contributed by atoms with Gasteiger partial charge in [-0.05, 0) is 24.0 Å². The van der Waals surface area contributed by atoms with E-state index < -0.39 is 0 Å². The van der Waals surface area contributed by atoms with E-state index in [1.54, 1.807) is 6.20 Å². The van der Waals surface area contributed by atoms with Crippen LogP contribution in [0.25, 0.3) is 0 Å². The molecule has 102 valence electrons. The van der Waals surface area contributed by atoms with Crippen LogP contribution >= 0.6 is 11.6 Å². The minimum Gasteiger partial charge on any atom is -0.271 e. The lowest BCUT2D eigenvalue weighted by atomic mass is 9.90. The van der Waals surface area contributed by atoms with Gasteiger partial charge in [0.25, 0.3) is 0 Å². The molecule has 1 heterocycles. The van der Waals surface area contributed by atoms with Gasteiger partial charge < -0.3 is 0 Å². The molecule has 0 amide bonds. The van der Waals surface area contributed by atoms with Gasteiger partial charge in [0, 0.05) is 12.2 Å². The fourth-order valence-corrected chi connectivity index (χ4v) is 2.32. The third-order valence-electron chi connectivity index (χ3n) is 3.47. The summed E-state index contributed by atoms with van der Waals surface area (Å²) in [7, 11) is 0. The van der Waals surface area contributed by atoms with E-state index in [4.69, 9.17) is 17.4 Å². The van der Waals surface area contributed by atoms with Crippen LogP contribution in [-0.4, -0.2) is 4.98 Å². The number of aromatic nitrogens is 1. The Morgan fingerprint density at radius 2 is 2.17 bits per heavy atom. The highest BCUT2D eigenvalue weighted by atomic mass is 35.5. The first kappa shape index (κ1) is 15.4. The van der Waals surface area contributed by atoms with Crippen molar-refractivity contribution in [3.63, 3.8) is 0 Å². The summed E-state index contributed by atoms with van der Waals surface area (Å²) in [5, 5.41) is 0.521. The van der Waals surface area contributed by atoms with E-state index in [0.717, 1.165) is 12.0 Å². The van der Waals surface area contributed by atoms with Gasteiger partial charge in [0.05, 0.1) is 0 Å². The van der Waals surface area contributed by atoms with Gasteiger partial charge in [-0.25, -0.2) is 4.98 Å². The molecule has 0 saturated carbocycles. The molecule has 2 unspecified atom stereocenters. The number of hydrogen-bond donors (Lipinski definition) is 2. The fraction of sp³-hybridized carbons (Fsp3) is 0.643. The molecule has 0 radical (unpaired) electrons. The molecule has 0 bridgehead atoms. The summed E-state index contributed by atoms with van der Waals surface area (Å²) in [4.78, 5) is 4.11. The molecule has 0 aliphatic rings. The molecular weight excluding hydrogens is 246 g/mol. The largest absolute Gasteiger partial charge is 0.271 e. The van der Waals surface area contributed by atoms with Crippen LogP contribution in [-0.2, 0) is 0 Å². The number of hydrazine groups is 1. The number of halogens is 1. The summed E-state index contributed by atoms with van der Waals surface area (Å²) in [6.07, 6.45) is 7.86. The quantitative estimate of drug-likeness (QED) is 0.428. The Morgan fingerprint density at radius 1 is 1.39 bits per heavy atom. The first-order valence-corrected chi connectivity index (χ1v) is 7.16. The Kier molecular flexibility index (Phi) is 7.25. The number of nitrogens with zero attached hydrogens (tertiary/aromatic N) is 1. The normalized spacial score (nSPS) is 14.4. The van der Waals surface area contributed by atoms with E-state index in [9.17, 15) is 0 Å². The average molecular weight is 270 g/mol. The second-order valence-electron chi connectivity index (χ2n) is 4.79. The molecule has 0 saturated heterocycles. The maximum absolute atomic E-state index is 5.80. The van der Waals surface area contributed by atoms with Crippen LogP contribution in [0.1, 0.15) is 57.6 Å². The Labute approximate surface area is 115 Å². The van der Waals surface area contributed by atoms with Crippen LogP contribution in [0.2, 0.25) is 5.15 Å². The number of hydrogen-bond acceptors (Lipinski definition) is 3. The van der Waals surface area contributed by atoms with Gasteiger partial charge >= 0.3 is 0 Å². The van der Waals surface area contributed by atoms with Crippen LogP contribution in [0.4, 0.5) is 0 Å². The monoisotopic (exact) mass is 269 g/mol. The number of pyridine rings is 1. The maximum Gasteiger partial charge on any atom is 0.129 e. The second-order valence-corrected chi connectivity index (χ2v) is 5.17. The van der Waals surface area contributed by atoms with Crippen LogP contribution in [0.5, 0.6) is 0 Å². The molecule has 0 aliphatic heterocycles. The lowest BCUT2D eigenvalue weighted by Crippen LogP contribution is -2.29. The molecule has 3 N–H and O–H groups in total. The Balaban J connectivity index is 2.62. The van der Waals surface area contributed by atoms with Gasteiger partial charge in [-0.2, -0.15) is 0 Å². The smallest absolute Gasteiger partial charge is 0.129 e. The first-order valence-electron chi connectivity index (χ1n) is 6.78. The highest BCUT2D eigenvalue weighted by molar-refractivity contribution is 6.29. The van der Waals surface area contributed by atoms with Crippen LogP contribution in [0, 0.1) is 5.92 Å². The van der Waals surface area contributed by atoms with Gasteiger partial charge in [-0.3, -0.25) is 11.3 Å². The predicted molar refractivity (Wildman–Crippen MR) is 77.2 cm³/mol. The number of nitrogens with two attached hydrogens (primary N) is 1. The van der Waals surface area contributed by atoms with Crippen molar-refractivity contribution in [3.05, 3.63) is 29.0 Å². The minimum atomic E-state index is 0.163. The van der Waals surface area contributed by atoms with Crippen molar-refractivity contribution in [2.75, 3.05) is 0 Å². The molecule has 0 aromatic carbocycles. The highest BCUT2D eigenvalue weighted by Gasteiger charge is 2.16. The minimum absolute atomic E-state index is 0.163. The standard InChI is InChI=1S/C14H24ClN3/c1-3-5-6-11(4-2)9-13(18-16)12-7-8-14(15)17-10-12/h7-8,10-11,13,18H,3-6,9,16H2,1-2H3. The Hall–Kier alpha value is -0.640. The lowest BCUT2D eigenvalue weighted by molar-refractivity contribution is 0.356. The highest BCUT2D eigenvalue weighted by Crippen LogP contribution is 2.26. The molecule has 2 atom stereocenters. The zero-order valence-electron chi connectivity index (χ0n) is 11.3. The topological polar surface area (TPSA) is 50.9 Å². The van der Waals surface area contributed by atoms with E-state index in [1.807, 2.05) is 12.1 Å². The Bertz CT molecular complexity index is 326. The molecule has 1 aromatic heterocycles. The van der Waals surface area contributed by atoms with Crippen LogP contribution in [0.15, 0.2) is 18.3 Å². The van der Waals surface area contributed by atoms with Crippen molar-refractivity contribution in [1.29, 1.82) is 0 Å². The number of unbranched alkanes of at least 4 members (excludes halogenated alkanes) is 1. The maximum atomic E-state index is 5.80. The zero-order chi connectivity index (χ0) is 13.4. The van der Waals surface area contributed by atoms with E-state index in [1.165, 1.54) is 25.7 Å². The summed E-state index contributed by atoms with van der Waals surface area (Å²) in [6.45, 7) is 4.47. The lowest BCUT2D eigenvalue weighted by Gasteiger charge is -2.22. The van der Waals surface area contributed by atoms with E-state index in [2.05, 4.69) is 24.3 Å². The molecular formula is C14H24ClN3. The summed E-state index contributed by atoms with van der Waals surface area (Å²) in [5.74, 6) is 6.37. The van der Waals surface area contributed by atoms with E-state index in [-0.39, 0.29) is 6.04 Å². The predicted octanol–water partition coefficient (Wildman–Crippen LogP) is 3.85. The van der Waals surface area contributed by atoms with E-state index >= 15 is 0 Å². The molecule has 1 rings (SSSR count). The zero-order valence-corrected chi connectivity index (χ0v) is 12.1. The number of nitrogens with one attached hydrogen (secondary N) is 1. The SMILES string of the molecule is CCCCC(CC)CC(NN)c1ccc(Cl)nc1. The van der Waals surface area contributed by atoms with Crippen molar-refractivity contribution in [2.24, 2.45) is 11.8 Å². The van der Waals surface area contributed by atoms with Crippen molar-refractivity contribution >= 4 is 11.6 Å². The third kappa shape index (κ3) is 4.92. The van der Waals surface area contributed by atoms with Crippen LogP contribution in [0.3, 0.4) is 0 Å². The fourth-order valence-electron chi connectivity index (χ4n) is 2.21. The van der Waals surface area contributed by atoms with E-state index in [0.29, 0.717) is 11.1 Å². The summed E-state index contributed by atoms with van der Waals surface area (Å²) in [6, 6.07) is 3.97. The molecule has 3 nitrogen and oxygen atoms in total. The summed E-state index contributed by atoms with van der Waals surface area (Å²) in [5.41, 5.74) is 4.00. The van der Waals surface area contributed by atoms with Crippen molar-refractivity contribution in [2.45, 2.75) is 52.0 Å². The molecule has 0 fully saturated rings. The molecule has 0 spiro atoms. The average Bonchev–Trinajstić information content (AvgIpc) is 2.40. The van der Waals surface area contributed by atoms with Gasteiger partial charge in [-0.15, -0.1) is 0 Å². The third-order valence-corrected chi connectivity index (χ3v) is 3.69. The van der Waals surface area contributed by atoms with Gasteiger partial charge in [0.2, 0.25) is 0 Å². The second kappa shape index (κ2) is 8.46. The van der Waals surface area contributed by atoms with Gasteiger partial charge in [0.15, 0.2) is 0 Å². The van der Waals surface area contributed by atoms with Crippen LogP contribution < -0.4 is 11.3 Å². The van der Waals surface area contributed by atoms with Crippen molar-refractivity contribution in [3.8, 4) is 0 Å². The molecule has 18 heavy (non-hydrogen) atoms. The van der Waals surface area contributed by atoms with Crippen molar-refractivity contribution < 1.29 is 0 Å². The number of rotatable bonds is 8. The summed E-state index contributed by atoms with van der Waals surface area (Å²) >= 11 is 5.80. The first-order chi connectivity index (χ1) is 8.71. The van der Waals surface area contributed by atoms with Gasteiger partial charge in [0.1, 0.15) is 5.15 Å².